The van der Waals surface area contributed by atoms with E-state index in [1.54, 1.807) is 0 Å². The van der Waals surface area contributed by atoms with E-state index in [9.17, 15) is 0 Å². The van der Waals surface area contributed by atoms with Crippen LogP contribution in [-0.4, -0.2) is 13.2 Å². The normalized spacial score (nSPS) is 10.1. The van der Waals surface area contributed by atoms with Crippen LogP contribution in [0.1, 0.15) is 22.3 Å². The van der Waals surface area contributed by atoms with Crippen molar-refractivity contribution >= 4 is 0 Å². The molecule has 0 aromatic heterocycles. The van der Waals surface area contributed by atoms with Gasteiger partial charge in [-0.15, -0.1) is 0 Å². The highest BCUT2D eigenvalue weighted by Crippen LogP contribution is 2.21. The van der Waals surface area contributed by atoms with Gasteiger partial charge in [0.05, 0.1) is 11.6 Å². The fourth-order valence-corrected chi connectivity index (χ4v) is 2.18. The van der Waals surface area contributed by atoms with E-state index in [4.69, 9.17) is 10.00 Å². The molecule has 0 amide bonds. The summed E-state index contributed by atoms with van der Waals surface area (Å²) in [6, 6.07) is 15.9. The number of nitrogens with zero attached hydrogens (tertiary/aromatic N) is 1. The SMILES string of the molecule is Cc1cccc(C)c1OCCNCc1ccc(C#N)cc1. The van der Waals surface area contributed by atoms with Crippen molar-refractivity contribution in [2.45, 2.75) is 20.4 Å². The predicted octanol–water partition coefficient (Wildman–Crippen LogP) is 3.34. The molecule has 0 aliphatic carbocycles. The van der Waals surface area contributed by atoms with Crippen LogP contribution in [0.3, 0.4) is 0 Å². The number of benzene rings is 2. The molecule has 1 N–H and O–H groups in total. The zero-order valence-corrected chi connectivity index (χ0v) is 12.5. The van der Waals surface area contributed by atoms with E-state index in [0.717, 1.165) is 18.8 Å². The van der Waals surface area contributed by atoms with Crippen LogP contribution in [0.5, 0.6) is 5.75 Å². The molecule has 0 saturated heterocycles. The first kappa shape index (κ1) is 15.1. The van der Waals surface area contributed by atoms with Crippen LogP contribution < -0.4 is 10.1 Å². The second-order valence-corrected chi connectivity index (χ2v) is 5.05. The average molecular weight is 280 g/mol. The van der Waals surface area contributed by atoms with Crippen molar-refractivity contribution in [3.8, 4) is 11.8 Å². The first-order valence-corrected chi connectivity index (χ1v) is 7.09. The molecule has 0 fully saturated rings. The molecular formula is C18H20N2O. The van der Waals surface area contributed by atoms with Crippen LogP contribution in [0.2, 0.25) is 0 Å². The first-order chi connectivity index (χ1) is 10.2. The van der Waals surface area contributed by atoms with Crippen molar-refractivity contribution in [3.63, 3.8) is 0 Å². The quantitative estimate of drug-likeness (QED) is 0.825. The molecule has 0 heterocycles. The molecule has 0 saturated carbocycles. The summed E-state index contributed by atoms with van der Waals surface area (Å²) in [6.07, 6.45) is 0. The van der Waals surface area contributed by atoms with Gasteiger partial charge < -0.3 is 10.1 Å². The summed E-state index contributed by atoms with van der Waals surface area (Å²) >= 11 is 0. The Balaban J connectivity index is 1.74. The third-order valence-corrected chi connectivity index (χ3v) is 3.35. The molecule has 0 spiro atoms. The predicted molar refractivity (Wildman–Crippen MR) is 84.3 cm³/mol. The summed E-state index contributed by atoms with van der Waals surface area (Å²) in [4.78, 5) is 0. The van der Waals surface area contributed by atoms with E-state index in [2.05, 4.69) is 37.4 Å². The van der Waals surface area contributed by atoms with E-state index in [-0.39, 0.29) is 0 Å². The zero-order chi connectivity index (χ0) is 15.1. The minimum absolute atomic E-state index is 0.641. The van der Waals surface area contributed by atoms with Gasteiger partial charge in [0.2, 0.25) is 0 Å². The van der Waals surface area contributed by atoms with Crippen molar-refractivity contribution < 1.29 is 4.74 Å². The summed E-state index contributed by atoms with van der Waals surface area (Å²) in [7, 11) is 0. The number of hydrogen-bond donors (Lipinski definition) is 1. The van der Waals surface area contributed by atoms with Gasteiger partial charge in [-0.25, -0.2) is 0 Å². The minimum atomic E-state index is 0.641. The second kappa shape index (κ2) is 7.47. The second-order valence-electron chi connectivity index (χ2n) is 5.05. The van der Waals surface area contributed by atoms with Gasteiger partial charge in [0.1, 0.15) is 12.4 Å². The summed E-state index contributed by atoms with van der Waals surface area (Å²) in [5.41, 5.74) is 4.20. The van der Waals surface area contributed by atoms with Crippen LogP contribution in [-0.2, 0) is 6.54 Å². The average Bonchev–Trinajstić information content (AvgIpc) is 2.50. The monoisotopic (exact) mass is 280 g/mol. The van der Waals surface area contributed by atoms with Crippen LogP contribution >= 0.6 is 0 Å². The highest BCUT2D eigenvalue weighted by molar-refractivity contribution is 5.39. The van der Waals surface area contributed by atoms with Crippen LogP contribution in [0.25, 0.3) is 0 Å². The molecule has 0 unspecified atom stereocenters. The smallest absolute Gasteiger partial charge is 0.125 e. The fraction of sp³-hybridized carbons (Fsp3) is 0.278. The Morgan fingerprint density at radius 1 is 1.05 bits per heavy atom. The van der Waals surface area contributed by atoms with Crippen molar-refractivity contribution in [1.29, 1.82) is 5.26 Å². The van der Waals surface area contributed by atoms with Gasteiger partial charge in [-0.1, -0.05) is 30.3 Å². The Bertz CT molecular complexity index is 606. The van der Waals surface area contributed by atoms with Gasteiger partial charge >= 0.3 is 0 Å². The number of aryl methyl sites for hydroxylation is 2. The molecule has 0 aliphatic rings. The molecule has 2 aromatic rings. The number of rotatable bonds is 6. The maximum atomic E-state index is 8.75. The lowest BCUT2D eigenvalue weighted by Crippen LogP contribution is -2.21. The minimum Gasteiger partial charge on any atom is -0.492 e. The Labute approximate surface area is 126 Å². The van der Waals surface area contributed by atoms with Gasteiger partial charge in [0.25, 0.3) is 0 Å². The molecule has 0 radical (unpaired) electrons. The third-order valence-electron chi connectivity index (χ3n) is 3.35. The van der Waals surface area contributed by atoms with Crippen LogP contribution in [0, 0.1) is 25.2 Å². The van der Waals surface area contributed by atoms with Gasteiger partial charge in [0, 0.05) is 13.1 Å². The molecular weight excluding hydrogens is 260 g/mol. The maximum Gasteiger partial charge on any atom is 0.125 e. The lowest BCUT2D eigenvalue weighted by Gasteiger charge is -2.12. The van der Waals surface area contributed by atoms with Gasteiger partial charge in [-0.05, 0) is 42.7 Å². The zero-order valence-electron chi connectivity index (χ0n) is 12.5. The number of para-hydroxylation sites is 1. The van der Waals surface area contributed by atoms with Crippen molar-refractivity contribution in [2.24, 2.45) is 0 Å². The van der Waals surface area contributed by atoms with Crippen molar-refractivity contribution in [1.82, 2.24) is 5.32 Å². The summed E-state index contributed by atoms with van der Waals surface area (Å²) in [6.45, 7) is 6.33. The lowest BCUT2D eigenvalue weighted by molar-refractivity contribution is 0.309. The molecule has 0 atom stereocenters. The van der Waals surface area contributed by atoms with Crippen LogP contribution in [0.15, 0.2) is 42.5 Å². The lowest BCUT2D eigenvalue weighted by atomic mass is 10.1. The first-order valence-electron chi connectivity index (χ1n) is 7.09. The largest absolute Gasteiger partial charge is 0.492 e. The molecule has 2 rings (SSSR count). The van der Waals surface area contributed by atoms with E-state index in [1.807, 2.05) is 30.3 Å². The van der Waals surface area contributed by atoms with E-state index < -0.39 is 0 Å². The van der Waals surface area contributed by atoms with Gasteiger partial charge in [-0.3, -0.25) is 0 Å². The number of hydrogen-bond acceptors (Lipinski definition) is 3. The van der Waals surface area contributed by atoms with E-state index in [1.165, 1.54) is 16.7 Å². The molecule has 3 heteroatoms. The van der Waals surface area contributed by atoms with Crippen molar-refractivity contribution in [3.05, 3.63) is 64.7 Å². The van der Waals surface area contributed by atoms with E-state index in [0.29, 0.717) is 12.2 Å². The summed E-state index contributed by atoms with van der Waals surface area (Å²) < 4.78 is 5.84. The van der Waals surface area contributed by atoms with Gasteiger partial charge in [0.15, 0.2) is 0 Å². The Kier molecular flexibility index (Phi) is 5.36. The maximum absolute atomic E-state index is 8.75. The molecule has 0 aliphatic heterocycles. The number of ether oxygens (including phenoxy) is 1. The highest BCUT2D eigenvalue weighted by atomic mass is 16.5. The fourth-order valence-electron chi connectivity index (χ4n) is 2.18. The number of nitriles is 1. The topological polar surface area (TPSA) is 45.0 Å². The summed E-state index contributed by atoms with van der Waals surface area (Å²) in [5.74, 6) is 0.984. The highest BCUT2D eigenvalue weighted by Gasteiger charge is 2.02. The van der Waals surface area contributed by atoms with Crippen molar-refractivity contribution in [2.75, 3.05) is 13.2 Å². The molecule has 21 heavy (non-hydrogen) atoms. The molecule has 2 aromatic carbocycles. The molecule has 108 valence electrons. The van der Waals surface area contributed by atoms with Crippen LogP contribution in [0.4, 0.5) is 0 Å². The Hall–Kier alpha value is -2.31. The van der Waals surface area contributed by atoms with E-state index >= 15 is 0 Å². The Morgan fingerprint density at radius 2 is 1.71 bits per heavy atom. The molecule has 3 nitrogen and oxygen atoms in total. The standard InChI is InChI=1S/C18H20N2O/c1-14-4-3-5-15(2)18(14)21-11-10-20-13-17-8-6-16(12-19)7-9-17/h3-9,20H,10-11,13H2,1-2H3. The Morgan fingerprint density at radius 3 is 2.33 bits per heavy atom. The van der Waals surface area contributed by atoms with Gasteiger partial charge in [-0.2, -0.15) is 5.26 Å². The molecule has 0 bridgehead atoms. The third kappa shape index (κ3) is 4.34. The number of nitrogens with one attached hydrogen (secondary N) is 1. The summed E-state index contributed by atoms with van der Waals surface area (Å²) in [5, 5.41) is 12.1.